The van der Waals surface area contributed by atoms with Gasteiger partial charge in [0.2, 0.25) is 11.7 Å². The molecule has 2 heterocycles. The molecule has 0 saturated carbocycles. The number of halogens is 1. The van der Waals surface area contributed by atoms with Crippen LogP contribution in [0.15, 0.2) is 28.8 Å². The highest BCUT2D eigenvalue weighted by atomic mass is 19.1. The average molecular weight is 261 g/mol. The molecule has 2 aromatic rings. The lowest BCUT2D eigenvalue weighted by molar-refractivity contribution is 0.260. The fourth-order valence-corrected chi connectivity index (χ4v) is 2.39. The summed E-state index contributed by atoms with van der Waals surface area (Å²) in [6, 6.07) is 6.23. The standard InChI is InChI=1S/C14H16FN3O/c1-9-6-7-16-12(8-9)14-17-13(18-19-14)10-2-4-11(15)5-3-10/h2-5,9,12,16H,6-8H2,1H3. The van der Waals surface area contributed by atoms with Gasteiger partial charge in [0.15, 0.2) is 0 Å². The maximum Gasteiger partial charge on any atom is 0.244 e. The minimum atomic E-state index is -0.268. The summed E-state index contributed by atoms with van der Waals surface area (Å²) in [5.74, 6) is 1.52. The number of rotatable bonds is 2. The largest absolute Gasteiger partial charge is 0.337 e. The molecule has 1 fully saturated rings. The van der Waals surface area contributed by atoms with Gasteiger partial charge < -0.3 is 9.84 Å². The van der Waals surface area contributed by atoms with E-state index in [1.54, 1.807) is 12.1 Å². The predicted octanol–water partition coefficient (Wildman–Crippen LogP) is 2.94. The number of hydrogen-bond donors (Lipinski definition) is 1. The van der Waals surface area contributed by atoms with Gasteiger partial charge in [-0.25, -0.2) is 4.39 Å². The fourth-order valence-electron chi connectivity index (χ4n) is 2.39. The molecular weight excluding hydrogens is 245 g/mol. The predicted molar refractivity (Wildman–Crippen MR) is 68.8 cm³/mol. The van der Waals surface area contributed by atoms with Gasteiger partial charge in [-0.1, -0.05) is 12.1 Å². The van der Waals surface area contributed by atoms with Crippen molar-refractivity contribution < 1.29 is 8.91 Å². The molecule has 5 heteroatoms. The summed E-state index contributed by atoms with van der Waals surface area (Å²) in [7, 11) is 0. The minimum absolute atomic E-state index is 0.130. The number of nitrogens with zero attached hydrogens (tertiary/aromatic N) is 2. The lowest BCUT2D eigenvalue weighted by Crippen LogP contribution is -2.30. The minimum Gasteiger partial charge on any atom is -0.337 e. The first-order valence-electron chi connectivity index (χ1n) is 6.55. The Morgan fingerprint density at radius 3 is 2.84 bits per heavy atom. The summed E-state index contributed by atoms with van der Waals surface area (Å²) in [5.41, 5.74) is 0.764. The molecule has 2 unspecified atom stereocenters. The molecule has 1 aliphatic rings. The van der Waals surface area contributed by atoms with Crippen LogP contribution in [0.25, 0.3) is 11.4 Å². The second-order valence-electron chi connectivity index (χ2n) is 5.10. The number of aromatic nitrogens is 2. The molecule has 0 aliphatic carbocycles. The molecule has 1 saturated heterocycles. The van der Waals surface area contributed by atoms with E-state index in [2.05, 4.69) is 22.4 Å². The fraction of sp³-hybridized carbons (Fsp3) is 0.429. The summed E-state index contributed by atoms with van der Waals surface area (Å²) < 4.78 is 18.2. The van der Waals surface area contributed by atoms with E-state index in [0.29, 0.717) is 17.6 Å². The Balaban J connectivity index is 1.81. The summed E-state index contributed by atoms with van der Waals surface area (Å²) in [5, 5.41) is 7.35. The summed E-state index contributed by atoms with van der Waals surface area (Å²) in [6.45, 7) is 3.20. The Bertz CT molecular complexity index is 552. The molecule has 19 heavy (non-hydrogen) atoms. The van der Waals surface area contributed by atoms with E-state index in [-0.39, 0.29) is 11.9 Å². The van der Waals surface area contributed by atoms with Gasteiger partial charge in [-0.05, 0) is 49.6 Å². The SMILES string of the molecule is CC1CCNC(c2nc(-c3ccc(F)cc3)no2)C1. The highest BCUT2D eigenvalue weighted by molar-refractivity contribution is 5.53. The third kappa shape index (κ3) is 2.66. The summed E-state index contributed by atoms with van der Waals surface area (Å²) in [6.07, 6.45) is 2.18. The Morgan fingerprint density at radius 2 is 2.11 bits per heavy atom. The molecule has 100 valence electrons. The third-order valence-electron chi connectivity index (χ3n) is 3.51. The highest BCUT2D eigenvalue weighted by Gasteiger charge is 2.24. The molecule has 0 spiro atoms. The lowest BCUT2D eigenvalue weighted by Gasteiger charge is -2.25. The first-order valence-corrected chi connectivity index (χ1v) is 6.55. The zero-order valence-corrected chi connectivity index (χ0v) is 10.8. The lowest BCUT2D eigenvalue weighted by atomic mass is 9.94. The first-order chi connectivity index (χ1) is 9.22. The molecule has 1 N–H and O–H groups in total. The van der Waals surface area contributed by atoms with Crippen LogP contribution in [0.4, 0.5) is 4.39 Å². The summed E-state index contributed by atoms with van der Waals surface area (Å²) in [4.78, 5) is 4.41. The van der Waals surface area contributed by atoms with E-state index < -0.39 is 0 Å². The van der Waals surface area contributed by atoms with Gasteiger partial charge in [0, 0.05) is 5.56 Å². The van der Waals surface area contributed by atoms with E-state index in [1.165, 1.54) is 18.6 Å². The van der Waals surface area contributed by atoms with Crippen LogP contribution in [0.1, 0.15) is 31.7 Å². The van der Waals surface area contributed by atoms with Crippen LogP contribution in [0.2, 0.25) is 0 Å². The quantitative estimate of drug-likeness (QED) is 0.903. The van der Waals surface area contributed by atoms with Crippen LogP contribution < -0.4 is 5.32 Å². The molecule has 0 radical (unpaired) electrons. The topological polar surface area (TPSA) is 51.0 Å². The smallest absolute Gasteiger partial charge is 0.244 e. The number of benzene rings is 1. The van der Waals surface area contributed by atoms with Crippen LogP contribution in [-0.4, -0.2) is 16.7 Å². The van der Waals surface area contributed by atoms with Crippen molar-refractivity contribution in [2.45, 2.75) is 25.8 Å². The Morgan fingerprint density at radius 1 is 1.32 bits per heavy atom. The van der Waals surface area contributed by atoms with Crippen LogP contribution in [0.3, 0.4) is 0 Å². The normalized spacial score (nSPS) is 23.5. The van der Waals surface area contributed by atoms with Crippen molar-refractivity contribution >= 4 is 0 Å². The Labute approximate surface area is 111 Å². The van der Waals surface area contributed by atoms with Gasteiger partial charge in [-0.3, -0.25) is 0 Å². The summed E-state index contributed by atoms with van der Waals surface area (Å²) >= 11 is 0. The zero-order chi connectivity index (χ0) is 13.2. The molecule has 1 aromatic heterocycles. The van der Waals surface area contributed by atoms with E-state index in [0.717, 1.165) is 18.5 Å². The maximum absolute atomic E-state index is 12.9. The van der Waals surface area contributed by atoms with Crippen molar-refractivity contribution in [1.29, 1.82) is 0 Å². The van der Waals surface area contributed by atoms with Crippen molar-refractivity contribution in [3.63, 3.8) is 0 Å². The van der Waals surface area contributed by atoms with Gasteiger partial charge >= 0.3 is 0 Å². The number of nitrogens with one attached hydrogen (secondary N) is 1. The van der Waals surface area contributed by atoms with Crippen LogP contribution >= 0.6 is 0 Å². The van der Waals surface area contributed by atoms with Crippen molar-refractivity contribution in [1.82, 2.24) is 15.5 Å². The first kappa shape index (κ1) is 12.3. The van der Waals surface area contributed by atoms with Crippen LogP contribution in [0.5, 0.6) is 0 Å². The van der Waals surface area contributed by atoms with Crippen molar-refractivity contribution in [2.24, 2.45) is 5.92 Å². The monoisotopic (exact) mass is 261 g/mol. The van der Waals surface area contributed by atoms with Crippen molar-refractivity contribution in [3.05, 3.63) is 36.0 Å². The zero-order valence-electron chi connectivity index (χ0n) is 10.8. The third-order valence-corrected chi connectivity index (χ3v) is 3.51. The van der Waals surface area contributed by atoms with E-state index in [4.69, 9.17) is 4.52 Å². The van der Waals surface area contributed by atoms with E-state index in [1.807, 2.05) is 0 Å². The second-order valence-corrected chi connectivity index (χ2v) is 5.10. The second kappa shape index (κ2) is 5.09. The average Bonchev–Trinajstić information content (AvgIpc) is 2.89. The molecule has 3 rings (SSSR count). The van der Waals surface area contributed by atoms with Gasteiger partial charge in [0.25, 0.3) is 0 Å². The van der Waals surface area contributed by atoms with Gasteiger partial charge in [0.05, 0.1) is 6.04 Å². The maximum atomic E-state index is 12.9. The van der Waals surface area contributed by atoms with Gasteiger partial charge in [-0.15, -0.1) is 0 Å². The van der Waals surface area contributed by atoms with Gasteiger partial charge in [-0.2, -0.15) is 4.98 Å². The molecule has 0 amide bonds. The molecule has 1 aliphatic heterocycles. The van der Waals surface area contributed by atoms with E-state index >= 15 is 0 Å². The molecule has 4 nitrogen and oxygen atoms in total. The van der Waals surface area contributed by atoms with Crippen LogP contribution in [-0.2, 0) is 0 Å². The molecule has 1 aromatic carbocycles. The Hall–Kier alpha value is -1.75. The number of piperidine rings is 1. The molecule has 2 atom stereocenters. The Kier molecular flexibility index (Phi) is 3.29. The van der Waals surface area contributed by atoms with Crippen LogP contribution in [0, 0.1) is 11.7 Å². The van der Waals surface area contributed by atoms with E-state index in [9.17, 15) is 4.39 Å². The van der Waals surface area contributed by atoms with Gasteiger partial charge in [0.1, 0.15) is 5.82 Å². The molecule has 0 bridgehead atoms. The highest BCUT2D eigenvalue weighted by Crippen LogP contribution is 2.27. The van der Waals surface area contributed by atoms with Crippen molar-refractivity contribution in [2.75, 3.05) is 6.54 Å². The van der Waals surface area contributed by atoms with Crippen molar-refractivity contribution in [3.8, 4) is 11.4 Å². The molecular formula is C14H16FN3O. The number of hydrogen-bond acceptors (Lipinski definition) is 4.